The third-order valence-corrected chi connectivity index (χ3v) is 3.88. The van der Waals surface area contributed by atoms with Crippen LogP contribution in [0.2, 0.25) is 0 Å². The van der Waals surface area contributed by atoms with Crippen molar-refractivity contribution in [1.82, 2.24) is 10.6 Å². The van der Waals surface area contributed by atoms with E-state index in [9.17, 15) is 9.59 Å². The van der Waals surface area contributed by atoms with E-state index in [1.807, 2.05) is 32.0 Å². The molecule has 1 saturated heterocycles. The van der Waals surface area contributed by atoms with Gasteiger partial charge in [0.2, 0.25) is 5.91 Å². The number of rotatable bonds is 5. The SMILES string of the molecule is Cc1ccc(N2C[C@@H](NC(=O)NCCCO)CC2=O)cc1C. The number of aryl methyl sites for hydroxylation is 2. The molecule has 3 amide bonds. The van der Waals surface area contributed by atoms with E-state index in [1.165, 1.54) is 5.56 Å². The van der Waals surface area contributed by atoms with Crippen LogP contribution in [-0.4, -0.2) is 42.8 Å². The van der Waals surface area contributed by atoms with Crippen LogP contribution < -0.4 is 15.5 Å². The Kier molecular flexibility index (Phi) is 5.38. The van der Waals surface area contributed by atoms with Crippen molar-refractivity contribution in [2.24, 2.45) is 0 Å². The molecule has 120 valence electrons. The average molecular weight is 305 g/mol. The summed E-state index contributed by atoms with van der Waals surface area (Å²) in [6, 6.07) is 5.44. The molecule has 0 bridgehead atoms. The highest BCUT2D eigenvalue weighted by molar-refractivity contribution is 5.96. The minimum Gasteiger partial charge on any atom is -0.396 e. The third kappa shape index (κ3) is 3.98. The molecule has 0 unspecified atom stereocenters. The van der Waals surface area contributed by atoms with E-state index in [1.54, 1.807) is 4.90 Å². The molecule has 1 atom stereocenters. The van der Waals surface area contributed by atoms with Gasteiger partial charge >= 0.3 is 6.03 Å². The van der Waals surface area contributed by atoms with E-state index in [0.29, 0.717) is 25.9 Å². The molecule has 1 heterocycles. The number of hydrogen-bond donors (Lipinski definition) is 3. The molecule has 0 saturated carbocycles. The Morgan fingerprint density at radius 2 is 2.14 bits per heavy atom. The Labute approximate surface area is 130 Å². The van der Waals surface area contributed by atoms with Crippen LogP contribution in [0.3, 0.4) is 0 Å². The number of nitrogens with zero attached hydrogens (tertiary/aromatic N) is 1. The van der Waals surface area contributed by atoms with Crippen LogP contribution in [0.5, 0.6) is 0 Å². The predicted octanol–water partition coefficient (Wildman–Crippen LogP) is 1.09. The van der Waals surface area contributed by atoms with Crippen molar-refractivity contribution in [2.45, 2.75) is 32.7 Å². The molecule has 1 aliphatic heterocycles. The second-order valence-electron chi connectivity index (χ2n) is 5.65. The number of aliphatic hydroxyl groups is 1. The summed E-state index contributed by atoms with van der Waals surface area (Å²) in [7, 11) is 0. The molecule has 6 nitrogen and oxygen atoms in total. The van der Waals surface area contributed by atoms with Gasteiger partial charge in [0.15, 0.2) is 0 Å². The Morgan fingerprint density at radius 1 is 1.36 bits per heavy atom. The summed E-state index contributed by atoms with van der Waals surface area (Å²) in [6.07, 6.45) is 0.826. The summed E-state index contributed by atoms with van der Waals surface area (Å²) in [6.45, 7) is 5.00. The van der Waals surface area contributed by atoms with Crippen LogP contribution in [0.4, 0.5) is 10.5 Å². The molecule has 1 aromatic rings. The van der Waals surface area contributed by atoms with Gasteiger partial charge in [-0.2, -0.15) is 0 Å². The molecule has 6 heteroatoms. The maximum atomic E-state index is 12.1. The number of carbonyl (C=O) groups is 2. The van der Waals surface area contributed by atoms with Crippen molar-refractivity contribution in [2.75, 3.05) is 24.6 Å². The lowest BCUT2D eigenvalue weighted by atomic mass is 10.1. The molecule has 0 radical (unpaired) electrons. The molecule has 1 fully saturated rings. The van der Waals surface area contributed by atoms with Gasteiger partial charge in [0.05, 0.1) is 6.04 Å². The number of aliphatic hydroxyl groups excluding tert-OH is 1. The number of urea groups is 1. The Morgan fingerprint density at radius 3 is 2.82 bits per heavy atom. The summed E-state index contributed by atoms with van der Waals surface area (Å²) in [5.74, 6) is 0.0175. The maximum absolute atomic E-state index is 12.1. The zero-order chi connectivity index (χ0) is 16.1. The van der Waals surface area contributed by atoms with E-state index >= 15 is 0 Å². The highest BCUT2D eigenvalue weighted by Gasteiger charge is 2.31. The van der Waals surface area contributed by atoms with Crippen LogP contribution >= 0.6 is 0 Å². The van der Waals surface area contributed by atoms with Gasteiger partial charge in [0.1, 0.15) is 0 Å². The molecule has 3 N–H and O–H groups in total. The molecular weight excluding hydrogens is 282 g/mol. The van der Waals surface area contributed by atoms with Crippen molar-refractivity contribution < 1.29 is 14.7 Å². The van der Waals surface area contributed by atoms with E-state index in [0.717, 1.165) is 11.3 Å². The van der Waals surface area contributed by atoms with Gasteiger partial charge < -0.3 is 20.6 Å². The summed E-state index contributed by atoms with van der Waals surface area (Å²) >= 11 is 0. The van der Waals surface area contributed by atoms with Crippen molar-refractivity contribution in [3.8, 4) is 0 Å². The van der Waals surface area contributed by atoms with Gasteiger partial charge in [0.25, 0.3) is 0 Å². The fraction of sp³-hybridized carbons (Fsp3) is 0.500. The minimum atomic E-state index is -0.298. The molecular formula is C16H23N3O3. The lowest BCUT2D eigenvalue weighted by Crippen LogP contribution is -2.43. The van der Waals surface area contributed by atoms with E-state index in [-0.39, 0.29) is 24.6 Å². The summed E-state index contributed by atoms with van der Waals surface area (Å²) < 4.78 is 0. The van der Waals surface area contributed by atoms with E-state index in [2.05, 4.69) is 10.6 Å². The van der Waals surface area contributed by atoms with E-state index < -0.39 is 0 Å². The Hall–Kier alpha value is -2.08. The number of carbonyl (C=O) groups excluding carboxylic acids is 2. The van der Waals surface area contributed by atoms with Crippen LogP contribution in [0.15, 0.2) is 18.2 Å². The summed E-state index contributed by atoms with van der Waals surface area (Å²) in [5, 5.41) is 14.1. The zero-order valence-corrected chi connectivity index (χ0v) is 13.1. The lowest BCUT2D eigenvalue weighted by Gasteiger charge is -2.18. The fourth-order valence-electron chi connectivity index (χ4n) is 2.46. The van der Waals surface area contributed by atoms with Gasteiger partial charge in [-0.15, -0.1) is 0 Å². The smallest absolute Gasteiger partial charge is 0.315 e. The largest absolute Gasteiger partial charge is 0.396 e. The topological polar surface area (TPSA) is 81.7 Å². The zero-order valence-electron chi connectivity index (χ0n) is 13.1. The van der Waals surface area contributed by atoms with Crippen LogP contribution in [0, 0.1) is 13.8 Å². The maximum Gasteiger partial charge on any atom is 0.315 e. The fourth-order valence-corrected chi connectivity index (χ4v) is 2.46. The molecule has 22 heavy (non-hydrogen) atoms. The highest BCUT2D eigenvalue weighted by Crippen LogP contribution is 2.23. The Bertz CT molecular complexity index is 560. The first kappa shape index (κ1) is 16.3. The van der Waals surface area contributed by atoms with Crippen molar-refractivity contribution in [3.05, 3.63) is 29.3 Å². The van der Waals surface area contributed by atoms with Crippen molar-refractivity contribution in [3.63, 3.8) is 0 Å². The van der Waals surface area contributed by atoms with Crippen molar-refractivity contribution in [1.29, 1.82) is 0 Å². The van der Waals surface area contributed by atoms with Crippen LogP contribution in [0.1, 0.15) is 24.0 Å². The highest BCUT2D eigenvalue weighted by atomic mass is 16.3. The Balaban J connectivity index is 1.93. The summed E-state index contributed by atoms with van der Waals surface area (Å²) in [5.41, 5.74) is 3.20. The minimum absolute atomic E-state index is 0.0175. The van der Waals surface area contributed by atoms with Crippen molar-refractivity contribution >= 4 is 17.6 Å². The van der Waals surface area contributed by atoms with Gasteiger partial charge in [0, 0.05) is 31.8 Å². The first-order valence-corrected chi connectivity index (χ1v) is 7.54. The first-order chi connectivity index (χ1) is 10.5. The van der Waals surface area contributed by atoms with E-state index in [4.69, 9.17) is 5.11 Å². The normalized spacial score (nSPS) is 17.7. The first-order valence-electron chi connectivity index (χ1n) is 7.54. The predicted molar refractivity (Wildman–Crippen MR) is 84.9 cm³/mol. The number of anilines is 1. The third-order valence-electron chi connectivity index (χ3n) is 3.88. The quantitative estimate of drug-likeness (QED) is 0.712. The van der Waals surface area contributed by atoms with Crippen LogP contribution in [-0.2, 0) is 4.79 Å². The standard InChI is InChI=1S/C16H23N3O3/c1-11-4-5-14(8-12(11)2)19-10-13(9-15(19)21)18-16(22)17-6-3-7-20/h4-5,8,13,20H,3,6-7,9-10H2,1-2H3,(H2,17,18,22)/t13-/m0/s1. The van der Waals surface area contributed by atoms with Gasteiger partial charge in [-0.1, -0.05) is 6.07 Å². The molecule has 0 aromatic heterocycles. The second-order valence-corrected chi connectivity index (χ2v) is 5.65. The molecule has 0 spiro atoms. The van der Waals surface area contributed by atoms with Gasteiger partial charge in [-0.05, 0) is 43.5 Å². The second kappa shape index (κ2) is 7.26. The number of hydrogen-bond acceptors (Lipinski definition) is 3. The number of amides is 3. The lowest BCUT2D eigenvalue weighted by molar-refractivity contribution is -0.117. The van der Waals surface area contributed by atoms with Gasteiger partial charge in [-0.25, -0.2) is 4.79 Å². The number of benzene rings is 1. The molecule has 0 aliphatic carbocycles. The molecule has 1 aliphatic rings. The monoisotopic (exact) mass is 305 g/mol. The average Bonchev–Trinajstić information content (AvgIpc) is 2.83. The molecule has 1 aromatic carbocycles. The molecule has 2 rings (SSSR count). The number of nitrogens with one attached hydrogen (secondary N) is 2. The van der Waals surface area contributed by atoms with Crippen LogP contribution in [0.25, 0.3) is 0 Å². The summed E-state index contributed by atoms with van der Waals surface area (Å²) in [4.78, 5) is 25.5. The van der Waals surface area contributed by atoms with Gasteiger partial charge in [-0.3, -0.25) is 4.79 Å².